The van der Waals surface area contributed by atoms with Crippen LogP contribution >= 0.6 is 0 Å². The summed E-state index contributed by atoms with van der Waals surface area (Å²) in [4.78, 5) is 24.1. The summed E-state index contributed by atoms with van der Waals surface area (Å²) in [5.74, 6) is 1.07. The largest absolute Gasteiger partial charge is 0.493 e. The van der Waals surface area contributed by atoms with Crippen LogP contribution in [0, 0.1) is 0 Å². The summed E-state index contributed by atoms with van der Waals surface area (Å²) in [6.45, 7) is 4.50. The molecule has 6 nitrogen and oxygen atoms in total. The number of hydrogen-bond acceptors (Lipinski definition) is 5. The molecule has 124 valence electrons. The number of nitrogen functional groups attached to an aromatic ring is 1. The lowest BCUT2D eigenvalue weighted by Crippen LogP contribution is -2.13. The zero-order valence-corrected chi connectivity index (χ0v) is 13.8. The van der Waals surface area contributed by atoms with Crippen LogP contribution in [0.5, 0.6) is 5.75 Å². The van der Waals surface area contributed by atoms with E-state index in [9.17, 15) is 4.79 Å². The number of aromatic amines is 1. The summed E-state index contributed by atoms with van der Waals surface area (Å²) in [5.41, 5.74) is 8.88. The lowest BCUT2D eigenvalue weighted by atomic mass is 10.1. The van der Waals surface area contributed by atoms with Gasteiger partial charge in [0.05, 0.1) is 12.2 Å². The van der Waals surface area contributed by atoms with Crippen LogP contribution in [0.4, 0.5) is 5.69 Å². The highest BCUT2D eigenvalue weighted by molar-refractivity contribution is 5.80. The number of benzene rings is 1. The molecule has 3 aromatic rings. The van der Waals surface area contributed by atoms with E-state index >= 15 is 0 Å². The number of nitrogens with one attached hydrogen (secondary N) is 1. The van der Waals surface area contributed by atoms with Gasteiger partial charge in [-0.15, -0.1) is 0 Å². The fraction of sp³-hybridized carbons (Fsp3) is 0.278. The third-order valence-electron chi connectivity index (χ3n) is 3.76. The minimum Gasteiger partial charge on any atom is -0.493 e. The first-order chi connectivity index (χ1) is 11.6. The normalized spacial score (nSPS) is 10.9. The van der Waals surface area contributed by atoms with Gasteiger partial charge in [-0.1, -0.05) is 13.3 Å². The van der Waals surface area contributed by atoms with Crippen molar-refractivity contribution >= 4 is 16.7 Å². The number of anilines is 1. The average molecular weight is 324 g/mol. The fourth-order valence-corrected chi connectivity index (χ4v) is 2.70. The van der Waals surface area contributed by atoms with Crippen LogP contribution < -0.4 is 16.0 Å². The Morgan fingerprint density at radius 1 is 1.21 bits per heavy atom. The average Bonchev–Trinajstić information content (AvgIpc) is 2.57. The van der Waals surface area contributed by atoms with Crippen molar-refractivity contribution in [3.8, 4) is 17.1 Å². The first-order valence-electron chi connectivity index (χ1n) is 8.04. The van der Waals surface area contributed by atoms with E-state index in [0.717, 1.165) is 18.4 Å². The molecular weight excluding hydrogens is 304 g/mol. The van der Waals surface area contributed by atoms with Gasteiger partial charge < -0.3 is 15.5 Å². The van der Waals surface area contributed by atoms with Crippen molar-refractivity contribution in [3.05, 3.63) is 46.4 Å². The molecule has 0 radical (unpaired) electrons. The highest BCUT2D eigenvalue weighted by Crippen LogP contribution is 2.30. The molecule has 0 aliphatic carbocycles. The molecule has 0 saturated heterocycles. The smallest absolute Gasteiger partial charge is 0.277 e. The first-order valence-corrected chi connectivity index (χ1v) is 8.04. The van der Waals surface area contributed by atoms with Crippen LogP contribution in [0.1, 0.15) is 25.8 Å². The van der Waals surface area contributed by atoms with Gasteiger partial charge >= 0.3 is 0 Å². The molecule has 1 aromatic carbocycles. The van der Waals surface area contributed by atoms with Gasteiger partial charge in [0.1, 0.15) is 17.1 Å². The van der Waals surface area contributed by atoms with Crippen LogP contribution in [0.25, 0.3) is 22.4 Å². The Kier molecular flexibility index (Phi) is 4.46. The summed E-state index contributed by atoms with van der Waals surface area (Å²) in [5, 5.41) is 0. The Morgan fingerprint density at radius 3 is 2.79 bits per heavy atom. The number of pyridine rings is 1. The van der Waals surface area contributed by atoms with Crippen molar-refractivity contribution < 1.29 is 4.74 Å². The predicted octanol–water partition coefficient (Wildman–Crippen LogP) is 2.92. The van der Waals surface area contributed by atoms with Gasteiger partial charge in [0.2, 0.25) is 0 Å². The molecule has 0 fully saturated rings. The van der Waals surface area contributed by atoms with Gasteiger partial charge in [0.15, 0.2) is 5.52 Å². The van der Waals surface area contributed by atoms with Crippen molar-refractivity contribution in [2.24, 2.45) is 0 Å². The van der Waals surface area contributed by atoms with Crippen LogP contribution in [-0.4, -0.2) is 21.6 Å². The summed E-state index contributed by atoms with van der Waals surface area (Å²) < 4.78 is 5.64. The highest BCUT2D eigenvalue weighted by Gasteiger charge is 2.14. The second-order valence-electron chi connectivity index (χ2n) is 5.52. The number of aromatic nitrogens is 3. The molecule has 0 unspecified atom stereocenters. The Balaban J connectivity index is 2.26. The number of ether oxygens (including phenoxy) is 1. The lowest BCUT2D eigenvalue weighted by molar-refractivity contribution is 0.341. The van der Waals surface area contributed by atoms with Gasteiger partial charge in [-0.2, -0.15) is 0 Å². The molecule has 0 bridgehead atoms. The van der Waals surface area contributed by atoms with E-state index < -0.39 is 0 Å². The van der Waals surface area contributed by atoms with Crippen LogP contribution in [0.3, 0.4) is 0 Å². The van der Waals surface area contributed by atoms with Crippen molar-refractivity contribution in [2.75, 3.05) is 12.3 Å². The lowest BCUT2D eigenvalue weighted by Gasteiger charge is -2.11. The number of H-pyrrole nitrogens is 1. The maximum Gasteiger partial charge on any atom is 0.277 e. The monoisotopic (exact) mass is 324 g/mol. The second kappa shape index (κ2) is 6.70. The molecule has 0 spiro atoms. The van der Waals surface area contributed by atoms with E-state index in [1.807, 2.05) is 13.0 Å². The van der Waals surface area contributed by atoms with Crippen molar-refractivity contribution in [3.63, 3.8) is 0 Å². The van der Waals surface area contributed by atoms with Gasteiger partial charge in [0, 0.05) is 11.9 Å². The van der Waals surface area contributed by atoms with Gasteiger partial charge in [-0.05, 0) is 43.2 Å². The highest BCUT2D eigenvalue weighted by atomic mass is 16.5. The Hall–Kier alpha value is -2.89. The van der Waals surface area contributed by atoms with E-state index in [-0.39, 0.29) is 5.56 Å². The molecule has 0 aliphatic rings. The first kappa shape index (κ1) is 16.0. The number of nitrogens with zero attached hydrogens (tertiary/aromatic N) is 2. The van der Waals surface area contributed by atoms with Gasteiger partial charge in [-0.3, -0.25) is 4.79 Å². The zero-order chi connectivity index (χ0) is 17.1. The third kappa shape index (κ3) is 2.95. The summed E-state index contributed by atoms with van der Waals surface area (Å²) >= 11 is 0. The van der Waals surface area contributed by atoms with Crippen molar-refractivity contribution in [1.82, 2.24) is 15.0 Å². The molecular formula is C18H20N4O2. The van der Waals surface area contributed by atoms with E-state index in [1.165, 1.54) is 0 Å². The third-order valence-corrected chi connectivity index (χ3v) is 3.76. The maximum absolute atomic E-state index is 12.5. The molecule has 2 heterocycles. The van der Waals surface area contributed by atoms with Crippen LogP contribution in [0.15, 0.2) is 35.3 Å². The molecule has 0 atom stereocenters. The SMILES string of the molecule is CCCc1ccnc2c(=O)[nH]c(-c3cc(N)ccc3OCC)nc12. The summed E-state index contributed by atoms with van der Waals surface area (Å²) in [7, 11) is 0. The molecule has 6 heteroatoms. The molecule has 3 rings (SSSR count). The second-order valence-corrected chi connectivity index (χ2v) is 5.52. The van der Waals surface area contributed by atoms with Gasteiger partial charge in [0.25, 0.3) is 5.56 Å². The van der Waals surface area contributed by atoms with E-state index in [4.69, 9.17) is 10.5 Å². The molecule has 2 aromatic heterocycles. The Labute approximate surface area is 139 Å². The predicted molar refractivity (Wildman–Crippen MR) is 95.2 cm³/mol. The molecule has 0 aliphatic heterocycles. The van der Waals surface area contributed by atoms with Crippen molar-refractivity contribution in [2.45, 2.75) is 26.7 Å². The minimum absolute atomic E-state index is 0.266. The quantitative estimate of drug-likeness (QED) is 0.704. The van der Waals surface area contributed by atoms with Crippen LogP contribution in [-0.2, 0) is 6.42 Å². The number of nitrogens with two attached hydrogens (primary N) is 1. The zero-order valence-electron chi connectivity index (χ0n) is 13.8. The summed E-state index contributed by atoms with van der Waals surface area (Å²) in [6.07, 6.45) is 3.45. The molecule has 24 heavy (non-hydrogen) atoms. The minimum atomic E-state index is -0.266. The van der Waals surface area contributed by atoms with E-state index in [2.05, 4.69) is 21.9 Å². The van der Waals surface area contributed by atoms with E-state index in [1.54, 1.807) is 24.4 Å². The fourth-order valence-electron chi connectivity index (χ4n) is 2.70. The number of hydrogen-bond donors (Lipinski definition) is 2. The van der Waals surface area contributed by atoms with Crippen LogP contribution in [0.2, 0.25) is 0 Å². The van der Waals surface area contributed by atoms with Crippen molar-refractivity contribution in [1.29, 1.82) is 0 Å². The van der Waals surface area contributed by atoms with E-state index in [0.29, 0.717) is 40.5 Å². The standard InChI is InChI=1S/C18H20N4O2/c1-3-5-11-8-9-20-16-15(11)21-17(22-18(16)23)13-10-12(19)6-7-14(13)24-4-2/h6-10H,3-5,19H2,1-2H3,(H,21,22,23). The maximum atomic E-state index is 12.5. The number of rotatable bonds is 5. The topological polar surface area (TPSA) is 93.9 Å². The molecule has 3 N–H and O–H groups in total. The van der Waals surface area contributed by atoms with Gasteiger partial charge in [-0.25, -0.2) is 9.97 Å². The summed E-state index contributed by atoms with van der Waals surface area (Å²) in [6, 6.07) is 7.21. The number of fused-ring (bicyclic) bond motifs is 1. The molecule has 0 saturated carbocycles. The number of aryl methyl sites for hydroxylation is 1. The molecule has 0 amide bonds. The Morgan fingerprint density at radius 2 is 2.04 bits per heavy atom. The Bertz CT molecular complexity index is 934.